The van der Waals surface area contributed by atoms with Gasteiger partial charge < -0.3 is 10.4 Å². The summed E-state index contributed by atoms with van der Waals surface area (Å²) in [6.07, 6.45) is 3.50. The van der Waals surface area contributed by atoms with Crippen LogP contribution in [0.15, 0.2) is 91.3 Å². The molecule has 0 spiro atoms. The van der Waals surface area contributed by atoms with E-state index in [9.17, 15) is 19.5 Å². The van der Waals surface area contributed by atoms with Gasteiger partial charge in [-0.25, -0.2) is 14.4 Å². The van der Waals surface area contributed by atoms with Crippen LogP contribution in [0.4, 0.5) is 4.39 Å². The molecule has 1 amide bonds. The summed E-state index contributed by atoms with van der Waals surface area (Å²) in [5.74, 6) is -2.41. The topological polar surface area (TPSA) is 109 Å². The highest BCUT2D eigenvalue weighted by Crippen LogP contribution is 2.32. The lowest BCUT2D eigenvalue weighted by atomic mass is 9.92. The van der Waals surface area contributed by atoms with Crippen LogP contribution in [-0.4, -0.2) is 38.8 Å². The number of aromatic nitrogens is 2. The third-order valence-corrected chi connectivity index (χ3v) is 9.71. The predicted molar refractivity (Wildman–Crippen MR) is 187 cm³/mol. The van der Waals surface area contributed by atoms with Crippen LogP contribution < -0.4 is 5.32 Å². The lowest BCUT2D eigenvalue weighted by Crippen LogP contribution is -2.42. The zero-order valence-electron chi connectivity index (χ0n) is 27.6. The number of thiophene rings is 1. The summed E-state index contributed by atoms with van der Waals surface area (Å²) in [4.78, 5) is 48.5. The molecule has 0 bridgehead atoms. The number of nitrogens with zero attached hydrogens (tertiary/aromatic N) is 2. The first-order valence-corrected chi connectivity index (χ1v) is 16.5. The van der Waals surface area contributed by atoms with Gasteiger partial charge in [-0.2, -0.15) is 0 Å². The minimum Gasteiger partial charge on any atom is -0.480 e. The predicted octanol–water partition coefficient (Wildman–Crippen LogP) is 8.31. The van der Waals surface area contributed by atoms with E-state index in [2.05, 4.69) is 36.1 Å². The second kappa shape index (κ2) is 14.4. The number of Topliss-reactive ketones (excluding diaryl/α,β-unsaturated/α-hetero) is 1. The molecule has 5 rings (SSSR count). The van der Waals surface area contributed by atoms with Crippen molar-refractivity contribution in [3.05, 3.63) is 118 Å². The minimum atomic E-state index is -1.15. The first-order valence-electron chi connectivity index (χ1n) is 15.7. The Labute approximate surface area is 283 Å². The Morgan fingerprint density at radius 2 is 1.48 bits per heavy atom. The smallest absolute Gasteiger partial charge is 0.325 e. The molecule has 2 N–H and O–H groups in total. The highest BCUT2D eigenvalue weighted by Gasteiger charge is 2.27. The summed E-state index contributed by atoms with van der Waals surface area (Å²) in [7, 11) is 0. The molecule has 0 aliphatic carbocycles. The van der Waals surface area contributed by atoms with Gasteiger partial charge in [0.05, 0.1) is 4.88 Å². The molecule has 2 atom stereocenters. The summed E-state index contributed by atoms with van der Waals surface area (Å²) in [6.45, 7) is 9.61. The molecule has 0 radical (unpaired) electrons. The molecule has 48 heavy (non-hydrogen) atoms. The van der Waals surface area contributed by atoms with Gasteiger partial charge in [-0.15, -0.1) is 11.3 Å². The van der Waals surface area contributed by atoms with Gasteiger partial charge in [0, 0.05) is 46.3 Å². The molecular formula is C39H38FN3O4S. The number of ketones is 1. The maximum Gasteiger partial charge on any atom is 0.325 e. The Kier molecular flexibility index (Phi) is 10.3. The van der Waals surface area contributed by atoms with Crippen molar-refractivity contribution in [3.63, 3.8) is 0 Å². The number of carboxylic acid groups (broad SMARTS) is 1. The third kappa shape index (κ3) is 8.27. The number of rotatable bonds is 11. The molecule has 7 nitrogen and oxygen atoms in total. The van der Waals surface area contributed by atoms with Gasteiger partial charge in [0.25, 0.3) is 0 Å². The summed E-state index contributed by atoms with van der Waals surface area (Å²) in [5, 5.41) is 11.9. The van der Waals surface area contributed by atoms with Crippen molar-refractivity contribution in [1.29, 1.82) is 0 Å². The second-order valence-corrected chi connectivity index (χ2v) is 14.1. The van der Waals surface area contributed by atoms with E-state index < -0.39 is 23.8 Å². The Bertz CT molecular complexity index is 1930. The normalized spacial score (nSPS) is 12.7. The van der Waals surface area contributed by atoms with Gasteiger partial charge in [0.2, 0.25) is 5.91 Å². The fourth-order valence-electron chi connectivity index (χ4n) is 5.23. The molecule has 0 aliphatic heterocycles. The molecule has 0 aliphatic rings. The van der Waals surface area contributed by atoms with Gasteiger partial charge in [0.15, 0.2) is 11.6 Å². The van der Waals surface area contributed by atoms with Gasteiger partial charge in [0.1, 0.15) is 11.9 Å². The van der Waals surface area contributed by atoms with Crippen LogP contribution in [-0.2, 0) is 21.4 Å². The van der Waals surface area contributed by atoms with Gasteiger partial charge in [-0.1, -0.05) is 87.0 Å². The standard InChI is InChI=1S/C39H38FN3O4S/c1-23-6-10-26(11-7-23)31-15-14-28(19-32(31)40)30-21-41-36(42-22-30)27-12-8-25(9-13-27)18-29(37(45)43-24(2)38(46)47)20-33(44)34-16-17-35(48-34)39(3,4)5/h6-17,19,21-22,24,29H,18,20H2,1-5H3,(H,43,45)(H,46,47)/t24-,29-/m1/s1. The van der Waals surface area contributed by atoms with Crippen LogP contribution in [0.5, 0.6) is 0 Å². The van der Waals surface area contributed by atoms with Crippen molar-refractivity contribution in [2.75, 3.05) is 0 Å². The Balaban J connectivity index is 1.29. The molecule has 2 heterocycles. The number of carbonyl (C=O) groups excluding carboxylic acids is 2. The third-order valence-electron chi connectivity index (χ3n) is 8.16. The number of nitrogens with one attached hydrogen (secondary N) is 1. The average Bonchev–Trinajstić information content (AvgIpc) is 3.57. The lowest BCUT2D eigenvalue weighted by molar-refractivity contribution is -0.141. The average molecular weight is 664 g/mol. The first kappa shape index (κ1) is 34.3. The van der Waals surface area contributed by atoms with Crippen molar-refractivity contribution in [1.82, 2.24) is 15.3 Å². The summed E-state index contributed by atoms with van der Waals surface area (Å²) in [6, 6.07) is 22.8. The quantitative estimate of drug-likeness (QED) is 0.138. The monoisotopic (exact) mass is 663 g/mol. The van der Waals surface area contributed by atoms with Crippen LogP contribution in [0.3, 0.4) is 0 Å². The number of aryl methyl sites for hydroxylation is 1. The number of hydrogen-bond acceptors (Lipinski definition) is 6. The highest BCUT2D eigenvalue weighted by atomic mass is 32.1. The van der Waals surface area contributed by atoms with Crippen LogP contribution >= 0.6 is 11.3 Å². The van der Waals surface area contributed by atoms with Crippen molar-refractivity contribution in [3.8, 4) is 33.6 Å². The number of benzene rings is 3. The van der Waals surface area contributed by atoms with E-state index in [4.69, 9.17) is 0 Å². The number of carboxylic acids is 1. The molecule has 246 valence electrons. The van der Waals surface area contributed by atoms with E-state index in [0.717, 1.165) is 27.1 Å². The molecular weight excluding hydrogens is 626 g/mol. The molecule has 9 heteroatoms. The van der Waals surface area contributed by atoms with E-state index >= 15 is 4.39 Å². The molecule has 0 fully saturated rings. The molecule has 0 saturated heterocycles. The second-order valence-electron chi connectivity index (χ2n) is 13.1. The van der Waals surface area contributed by atoms with Gasteiger partial charge in [-0.05, 0) is 60.6 Å². The summed E-state index contributed by atoms with van der Waals surface area (Å²) >= 11 is 1.42. The van der Waals surface area contributed by atoms with Crippen molar-refractivity contribution in [2.24, 2.45) is 5.92 Å². The summed E-state index contributed by atoms with van der Waals surface area (Å²) in [5.41, 5.74) is 5.24. The van der Waals surface area contributed by atoms with Crippen molar-refractivity contribution in [2.45, 2.75) is 58.9 Å². The van der Waals surface area contributed by atoms with E-state index in [1.807, 2.05) is 67.6 Å². The Morgan fingerprint density at radius 1 is 0.854 bits per heavy atom. The largest absolute Gasteiger partial charge is 0.480 e. The molecule has 5 aromatic rings. The van der Waals surface area contributed by atoms with E-state index in [0.29, 0.717) is 27.4 Å². The van der Waals surface area contributed by atoms with Crippen LogP contribution in [0, 0.1) is 18.7 Å². The Morgan fingerprint density at radius 3 is 2.06 bits per heavy atom. The van der Waals surface area contributed by atoms with E-state index in [-0.39, 0.29) is 29.9 Å². The van der Waals surface area contributed by atoms with Gasteiger partial charge >= 0.3 is 5.97 Å². The molecule has 3 aromatic carbocycles. The highest BCUT2D eigenvalue weighted by molar-refractivity contribution is 7.14. The molecule has 0 saturated carbocycles. The fraction of sp³-hybridized carbons (Fsp3) is 0.256. The first-order chi connectivity index (χ1) is 22.8. The number of halogens is 1. The minimum absolute atomic E-state index is 0.0544. The van der Waals surface area contributed by atoms with Crippen molar-refractivity contribution < 1.29 is 23.9 Å². The Hall–Kier alpha value is -5.02. The SMILES string of the molecule is Cc1ccc(-c2ccc(-c3cnc(-c4ccc(C[C@H](CC(=O)c5ccc(C(C)(C)C)s5)C(=O)N[C@H](C)C(=O)O)cc4)nc3)cc2F)cc1. The zero-order chi connectivity index (χ0) is 34.6. The van der Waals surface area contributed by atoms with Crippen LogP contribution in [0.25, 0.3) is 33.6 Å². The fourth-order valence-corrected chi connectivity index (χ4v) is 6.24. The number of carbonyl (C=O) groups is 3. The van der Waals surface area contributed by atoms with Crippen LogP contribution in [0.2, 0.25) is 0 Å². The molecule has 2 aromatic heterocycles. The van der Waals surface area contributed by atoms with Crippen LogP contribution in [0.1, 0.15) is 59.8 Å². The number of hydrogen-bond donors (Lipinski definition) is 2. The zero-order valence-corrected chi connectivity index (χ0v) is 28.4. The van der Waals surface area contributed by atoms with E-state index in [1.165, 1.54) is 24.3 Å². The van der Waals surface area contributed by atoms with Crippen molar-refractivity contribution >= 4 is 29.0 Å². The van der Waals surface area contributed by atoms with E-state index in [1.54, 1.807) is 24.5 Å². The number of amides is 1. The lowest BCUT2D eigenvalue weighted by Gasteiger charge is -2.18. The maximum atomic E-state index is 15.0. The maximum absolute atomic E-state index is 15.0. The molecule has 0 unspecified atom stereocenters. The number of aliphatic carboxylic acids is 1. The summed E-state index contributed by atoms with van der Waals surface area (Å²) < 4.78 is 15.0. The van der Waals surface area contributed by atoms with Gasteiger partial charge in [-0.3, -0.25) is 14.4 Å².